The lowest BCUT2D eigenvalue weighted by Gasteiger charge is -2.18. The van der Waals surface area contributed by atoms with Crippen LogP contribution in [0, 0.1) is 17.8 Å². The van der Waals surface area contributed by atoms with Gasteiger partial charge >= 0.3 is 17.9 Å². The predicted octanol–water partition coefficient (Wildman–Crippen LogP) is 14.4. The second-order valence-corrected chi connectivity index (χ2v) is 17.5. The summed E-state index contributed by atoms with van der Waals surface area (Å²) < 4.78 is 16.7. The molecule has 0 saturated carbocycles. The molecule has 0 aliphatic rings. The summed E-state index contributed by atoms with van der Waals surface area (Å²) >= 11 is 0. The van der Waals surface area contributed by atoms with Gasteiger partial charge in [0.1, 0.15) is 13.2 Å². The Balaban J connectivity index is 4.33. The van der Waals surface area contributed by atoms with E-state index in [1.165, 1.54) is 128 Å². The van der Waals surface area contributed by atoms with Gasteiger partial charge in [0.2, 0.25) is 0 Å². The lowest BCUT2D eigenvalue weighted by atomic mass is 10.0. The zero-order chi connectivity index (χ0) is 39.2. The summed E-state index contributed by atoms with van der Waals surface area (Å²) in [5, 5.41) is 0. The van der Waals surface area contributed by atoms with Crippen molar-refractivity contribution >= 4 is 17.9 Å². The summed E-state index contributed by atoms with van der Waals surface area (Å²) in [6.07, 6.45) is 35.3. The number of unbranched alkanes of at least 4 members (excludes halogenated alkanes) is 23. The first-order valence-electron chi connectivity index (χ1n) is 23.1. The van der Waals surface area contributed by atoms with E-state index < -0.39 is 6.10 Å². The van der Waals surface area contributed by atoms with Crippen LogP contribution in [0.25, 0.3) is 0 Å². The first kappa shape index (κ1) is 51.4. The van der Waals surface area contributed by atoms with Crippen LogP contribution >= 0.6 is 0 Å². The molecule has 0 aliphatic carbocycles. The SMILES string of the molecule is CC(C)CCCCCCCCCCCCCC(=O)OC[C@@H](COC(=O)CCCCCCCCCC(C)C)OC(=O)CCCCCCCCCCC(C)C. The average molecular weight is 751 g/mol. The van der Waals surface area contributed by atoms with Crippen molar-refractivity contribution in [2.45, 2.75) is 253 Å². The van der Waals surface area contributed by atoms with Gasteiger partial charge in [-0.05, 0) is 37.0 Å². The molecule has 0 aliphatic heterocycles. The quantitative estimate of drug-likeness (QED) is 0.0352. The van der Waals surface area contributed by atoms with Crippen LogP contribution < -0.4 is 0 Å². The van der Waals surface area contributed by atoms with Gasteiger partial charge in [-0.2, -0.15) is 0 Å². The van der Waals surface area contributed by atoms with E-state index in [1.807, 2.05) is 0 Å². The Hall–Kier alpha value is -1.59. The molecule has 0 amide bonds. The summed E-state index contributed by atoms with van der Waals surface area (Å²) in [7, 11) is 0. The van der Waals surface area contributed by atoms with Gasteiger partial charge in [-0.1, -0.05) is 208 Å². The fraction of sp³-hybridized carbons (Fsp3) is 0.936. The Labute approximate surface area is 329 Å². The highest BCUT2D eigenvalue weighted by molar-refractivity contribution is 5.71. The zero-order valence-corrected chi connectivity index (χ0v) is 36.3. The van der Waals surface area contributed by atoms with E-state index in [9.17, 15) is 14.4 Å². The van der Waals surface area contributed by atoms with E-state index in [4.69, 9.17) is 14.2 Å². The molecule has 1 atom stereocenters. The molecular formula is C47H90O6. The van der Waals surface area contributed by atoms with Gasteiger partial charge in [0, 0.05) is 19.3 Å². The average Bonchev–Trinajstić information content (AvgIpc) is 3.11. The number of esters is 3. The highest BCUT2D eigenvalue weighted by Crippen LogP contribution is 2.17. The van der Waals surface area contributed by atoms with Crippen LogP contribution in [0.1, 0.15) is 247 Å². The van der Waals surface area contributed by atoms with Crippen LogP contribution in [0.3, 0.4) is 0 Å². The van der Waals surface area contributed by atoms with Gasteiger partial charge in [-0.25, -0.2) is 0 Å². The first-order valence-corrected chi connectivity index (χ1v) is 23.1. The Bertz CT molecular complexity index is 822. The van der Waals surface area contributed by atoms with Crippen molar-refractivity contribution in [3.8, 4) is 0 Å². The largest absolute Gasteiger partial charge is 0.462 e. The third-order valence-corrected chi connectivity index (χ3v) is 10.4. The van der Waals surface area contributed by atoms with E-state index in [0.29, 0.717) is 19.3 Å². The standard InChI is InChI=1S/C47H90O6/c1-41(2)33-27-21-15-10-8-7-9-11-18-24-30-36-45(48)51-39-44(40-52-46(49)37-31-25-20-14-17-23-29-35-43(5)6)53-47(50)38-32-26-19-13-12-16-22-28-34-42(3)4/h41-44H,7-40H2,1-6H3/t44-/m0/s1. The number of ether oxygens (including phenoxy) is 3. The Morgan fingerprint density at radius 1 is 0.321 bits per heavy atom. The molecule has 0 aromatic carbocycles. The molecular weight excluding hydrogens is 661 g/mol. The molecule has 6 nitrogen and oxygen atoms in total. The number of carbonyl (C=O) groups excluding carboxylic acids is 3. The highest BCUT2D eigenvalue weighted by atomic mass is 16.6. The van der Waals surface area contributed by atoms with Gasteiger partial charge < -0.3 is 14.2 Å². The molecule has 0 aromatic heterocycles. The maximum absolute atomic E-state index is 12.7. The van der Waals surface area contributed by atoms with Gasteiger partial charge in [-0.15, -0.1) is 0 Å². The molecule has 0 heterocycles. The second kappa shape index (κ2) is 38.7. The Morgan fingerprint density at radius 2 is 0.547 bits per heavy atom. The minimum Gasteiger partial charge on any atom is -0.462 e. The molecule has 0 spiro atoms. The van der Waals surface area contributed by atoms with Crippen molar-refractivity contribution in [1.29, 1.82) is 0 Å². The topological polar surface area (TPSA) is 78.9 Å². The van der Waals surface area contributed by atoms with Gasteiger partial charge in [0.15, 0.2) is 6.10 Å². The second-order valence-electron chi connectivity index (χ2n) is 17.5. The number of carbonyl (C=O) groups is 3. The maximum Gasteiger partial charge on any atom is 0.306 e. The first-order chi connectivity index (χ1) is 25.6. The summed E-state index contributed by atoms with van der Waals surface area (Å²) in [5.41, 5.74) is 0. The molecule has 314 valence electrons. The number of rotatable bonds is 40. The van der Waals surface area contributed by atoms with Crippen LogP contribution in [-0.2, 0) is 28.6 Å². The number of hydrogen-bond acceptors (Lipinski definition) is 6. The normalized spacial score (nSPS) is 12.2. The van der Waals surface area contributed by atoms with Crippen molar-refractivity contribution in [2.75, 3.05) is 13.2 Å². The van der Waals surface area contributed by atoms with Gasteiger partial charge in [-0.3, -0.25) is 14.4 Å². The minimum atomic E-state index is -0.762. The Morgan fingerprint density at radius 3 is 0.811 bits per heavy atom. The third kappa shape index (κ3) is 41.4. The van der Waals surface area contributed by atoms with Crippen molar-refractivity contribution in [3.63, 3.8) is 0 Å². The lowest BCUT2D eigenvalue weighted by Crippen LogP contribution is -2.30. The Kier molecular flexibility index (Phi) is 37.5. The third-order valence-electron chi connectivity index (χ3n) is 10.4. The maximum atomic E-state index is 12.7. The van der Waals surface area contributed by atoms with E-state index in [0.717, 1.165) is 75.5 Å². The number of hydrogen-bond donors (Lipinski definition) is 0. The van der Waals surface area contributed by atoms with E-state index in [-0.39, 0.29) is 31.1 Å². The summed E-state index contributed by atoms with van der Waals surface area (Å²) in [5.74, 6) is 1.54. The minimum absolute atomic E-state index is 0.0665. The molecule has 0 rings (SSSR count). The molecule has 6 heteroatoms. The fourth-order valence-corrected chi connectivity index (χ4v) is 6.88. The summed E-state index contributed by atoms with van der Waals surface area (Å²) in [6, 6.07) is 0. The smallest absolute Gasteiger partial charge is 0.306 e. The predicted molar refractivity (Wildman–Crippen MR) is 224 cm³/mol. The van der Waals surface area contributed by atoms with E-state index in [2.05, 4.69) is 41.5 Å². The molecule has 0 fully saturated rings. The zero-order valence-electron chi connectivity index (χ0n) is 36.3. The van der Waals surface area contributed by atoms with Crippen LogP contribution in [0.2, 0.25) is 0 Å². The van der Waals surface area contributed by atoms with Crippen LogP contribution in [0.4, 0.5) is 0 Å². The molecule has 0 bridgehead atoms. The highest BCUT2D eigenvalue weighted by Gasteiger charge is 2.19. The summed E-state index contributed by atoms with van der Waals surface area (Å²) in [6.45, 7) is 13.6. The van der Waals surface area contributed by atoms with E-state index in [1.54, 1.807) is 0 Å². The van der Waals surface area contributed by atoms with Crippen LogP contribution in [-0.4, -0.2) is 37.2 Å². The molecule has 0 unspecified atom stereocenters. The van der Waals surface area contributed by atoms with Crippen molar-refractivity contribution in [2.24, 2.45) is 17.8 Å². The van der Waals surface area contributed by atoms with Crippen molar-refractivity contribution in [1.82, 2.24) is 0 Å². The van der Waals surface area contributed by atoms with Gasteiger partial charge in [0.25, 0.3) is 0 Å². The molecule has 0 saturated heterocycles. The monoisotopic (exact) mass is 751 g/mol. The molecule has 53 heavy (non-hydrogen) atoms. The van der Waals surface area contributed by atoms with Crippen molar-refractivity contribution in [3.05, 3.63) is 0 Å². The molecule has 0 radical (unpaired) electrons. The van der Waals surface area contributed by atoms with E-state index >= 15 is 0 Å². The van der Waals surface area contributed by atoms with Crippen LogP contribution in [0.15, 0.2) is 0 Å². The molecule has 0 aromatic rings. The molecule has 0 N–H and O–H groups in total. The summed E-state index contributed by atoms with van der Waals surface area (Å²) in [4.78, 5) is 37.7. The van der Waals surface area contributed by atoms with Gasteiger partial charge in [0.05, 0.1) is 0 Å². The fourth-order valence-electron chi connectivity index (χ4n) is 6.88. The van der Waals surface area contributed by atoms with Crippen molar-refractivity contribution < 1.29 is 28.6 Å². The van der Waals surface area contributed by atoms with Crippen LogP contribution in [0.5, 0.6) is 0 Å². The lowest BCUT2D eigenvalue weighted by molar-refractivity contribution is -0.167.